The molecule has 3 atom stereocenters. The van der Waals surface area contributed by atoms with Gasteiger partial charge in [0.25, 0.3) is 0 Å². The van der Waals surface area contributed by atoms with Crippen molar-refractivity contribution in [2.45, 2.75) is 97.0 Å². The number of ether oxygens (including phenoxy) is 2. The van der Waals surface area contributed by atoms with E-state index in [1.807, 2.05) is 0 Å². The molecule has 4 bridgehead atoms. The maximum Gasteiger partial charge on any atom is 0.0580 e. The van der Waals surface area contributed by atoms with E-state index in [4.69, 9.17) is 9.47 Å². The van der Waals surface area contributed by atoms with E-state index < -0.39 is 0 Å². The molecule has 0 amide bonds. The minimum absolute atomic E-state index is 0.563. The van der Waals surface area contributed by atoms with Gasteiger partial charge in [0.05, 0.1) is 6.10 Å². The van der Waals surface area contributed by atoms with Crippen molar-refractivity contribution in [1.82, 2.24) is 0 Å². The maximum atomic E-state index is 6.32. The molecule has 0 saturated heterocycles. The maximum absolute atomic E-state index is 6.32. The smallest absolute Gasteiger partial charge is 0.0580 e. The zero-order chi connectivity index (χ0) is 19.8. The second-order valence-electron chi connectivity index (χ2n) is 11.6. The van der Waals surface area contributed by atoms with Gasteiger partial charge in [-0.15, -0.1) is 0 Å². The van der Waals surface area contributed by atoms with Gasteiger partial charge in [-0.25, -0.2) is 0 Å². The molecule has 6 aliphatic carbocycles. The molecule has 2 nitrogen and oxygen atoms in total. The van der Waals surface area contributed by atoms with Crippen LogP contribution in [0.1, 0.15) is 90.9 Å². The average Bonchev–Trinajstić information content (AvgIpc) is 2.73. The van der Waals surface area contributed by atoms with Crippen molar-refractivity contribution >= 4 is 0 Å². The Hall–Kier alpha value is -0.0800. The number of rotatable bonds is 7. The lowest BCUT2D eigenvalue weighted by Crippen LogP contribution is -2.54. The molecule has 0 radical (unpaired) electrons. The summed E-state index contributed by atoms with van der Waals surface area (Å²) in [5.41, 5.74) is 0. The van der Waals surface area contributed by atoms with Gasteiger partial charge in [0.15, 0.2) is 0 Å². The first kappa shape index (κ1) is 20.8. The van der Waals surface area contributed by atoms with Crippen molar-refractivity contribution in [2.24, 2.45) is 53.3 Å². The Kier molecular flexibility index (Phi) is 6.59. The topological polar surface area (TPSA) is 18.5 Å². The largest absolute Gasteiger partial charge is 0.381 e. The first-order valence-electron chi connectivity index (χ1n) is 13.5. The first-order valence-corrected chi connectivity index (χ1v) is 13.5. The second-order valence-corrected chi connectivity index (χ2v) is 11.6. The summed E-state index contributed by atoms with van der Waals surface area (Å²) in [5.74, 6) is 8.91. The highest BCUT2D eigenvalue weighted by Crippen LogP contribution is 2.62. The quantitative estimate of drug-likeness (QED) is 0.470. The predicted molar refractivity (Wildman–Crippen MR) is 119 cm³/mol. The Morgan fingerprint density at radius 2 is 1.17 bits per heavy atom. The molecular weight excluding hydrogens is 356 g/mol. The molecule has 6 saturated carbocycles. The molecule has 0 aliphatic heterocycles. The molecule has 0 aromatic heterocycles. The average molecular weight is 403 g/mol. The van der Waals surface area contributed by atoms with Gasteiger partial charge >= 0.3 is 0 Å². The van der Waals surface area contributed by atoms with E-state index in [2.05, 4.69) is 13.8 Å². The van der Waals surface area contributed by atoms with Crippen molar-refractivity contribution < 1.29 is 9.47 Å². The Labute approximate surface area is 179 Å². The fourth-order valence-corrected chi connectivity index (χ4v) is 9.36. The van der Waals surface area contributed by atoms with Crippen molar-refractivity contribution in [2.75, 3.05) is 19.8 Å². The molecule has 6 aliphatic rings. The lowest BCUT2D eigenvalue weighted by atomic mass is 9.45. The monoisotopic (exact) mass is 402 g/mol. The number of hydrogen-bond donors (Lipinski definition) is 0. The molecule has 0 aromatic rings. The van der Waals surface area contributed by atoms with Gasteiger partial charge in [-0.05, 0) is 112 Å². The highest BCUT2D eigenvalue weighted by atomic mass is 16.5. The van der Waals surface area contributed by atoms with Gasteiger partial charge in [0, 0.05) is 19.8 Å². The fraction of sp³-hybridized carbons (Fsp3) is 1.00. The molecule has 0 aromatic carbocycles. The van der Waals surface area contributed by atoms with E-state index in [-0.39, 0.29) is 0 Å². The van der Waals surface area contributed by atoms with Crippen molar-refractivity contribution in [3.8, 4) is 0 Å². The van der Waals surface area contributed by atoms with Gasteiger partial charge in [-0.1, -0.05) is 32.1 Å². The standard InChI is InChI=1S/C27H46O2/c1-3-28-17-26-20-11-22-13-21(26)14-23(12-20)27(22)24-10-19(15-25(16-24)29-4-2)18-8-6-5-7-9-18/h18-27H,3-17H2,1-2H3. The van der Waals surface area contributed by atoms with Gasteiger partial charge in [0.2, 0.25) is 0 Å². The number of hydrogen-bond acceptors (Lipinski definition) is 2. The summed E-state index contributed by atoms with van der Waals surface area (Å²) in [6.07, 6.45) is 18.5. The van der Waals surface area contributed by atoms with E-state index in [1.165, 1.54) is 70.6 Å². The van der Waals surface area contributed by atoms with Crippen LogP contribution in [0.4, 0.5) is 0 Å². The van der Waals surface area contributed by atoms with Crippen LogP contribution < -0.4 is 0 Å². The zero-order valence-electron chi connectivity index (χ0n) is 19.2. The zero-order valence-corrected chi connectivity index (χ0v) is 19.2. The summed E-state index contributed by atoms with van der Waals surface area (Å²) >= 11 is 0. The van der Waals surface area contributed by atoms with Gasteiger partial charge < -0.3 is 9.47 Å². The summed E-state index contributed by atoms with van der Waals surface area (Å²) in [4.78, 5) is 0. The van der Waals surface area contributed by atoms with E-state index in [1.54, 1.807) is 6.42 Å². The molecule has 29 heavy (non-hydrogen) atoms. The molecule has 166 valence electrons. The summed E-state index contributed by atoms with van der Waals surface area (Å²) in [7, 11) is 0. The highest BCUT2D eigenvalue weighted by Gasteiger charge is 2.55. The molecule has 0 heterocycles. The van der Waals surface area contributed by atoms with E-state index in [9.17, 15) is 0 Å². The third-order valence-electron chi connectivity index (χ3n) is 10.2. The molecule has 3 unspecified atom stereocenters. The molecule has 0 spiro atoms. The molecule has 0 N–H and O–H groups in total. The molecule has 2 heteroatoms. The highest BCUT2D eigenvalue weighted by molar-refractivity contribution is 5.04. The summed E-state index contributed by atoms with van der Waals surface area (Å²) in [6.45, 7) is 7.23. The van der Waals surface area contributed by atoms with Gasteiger partial charge in [-0.3, -0.25) is 0 Å². The second kappa shape index (κ2) is 9.19. The first-order chi connectivity index (χ1) is 14.3. The summed E-state index contributed by atoms with van der Waals surface area (Å²) in [5, 5.41) is 0. The van der Waals surface area contributed by atoms with Crippen LogP contribution in [0.25, 0.3) is 0 Å². The van der Waals surface area contributed by atoms with Crippen LogP contribution in [-0.2, 0) is 9.47 Å². The summed E-state index contributed by atoms with van der Waals surface area (Å²) < 4.78 is 12.2. The van der Waals surface area contributed by atoms with E-state index >= 15 is 0 Å². The van der Waals surface area contributed by atoms with Crippen LogP contribution in [0.3, 0.4) is 0 Å². The van der Waals surface area contributed by atoms with Crippen LogP contribution in [0, 0.1) is 53.3 Å². The van der Waals surface area contributed by atoms with Gasteiger partial charge in [0.1, 0.15) is 0 Å². The third kappa shape index (κ3) is 4.19. The SMILES string of the molecule is CCOCC1C2CC3CC1CC(C2)C3C1CC(OCC)CC(C2CCCCC2)C1. The van der Waals surface area contributed by atoms with Gasteiger partial charge in [-0.2, -0.15) is 0 Å². The Morgan fingerprint density at radius 3 is 1.79 bits per heavy atom. The molecule has 6 rings (SSSR count). The minimum atomic E-state index is 0.563. The lowest BCUT2D eigenvalue weighted by Gasteiger charge is -2.60. The summed E-state index contributed by atoms with van der Waals surface area (Å²) in [6, 6.07) is 0. The van der Waals surface area contributed by atoms with E-state index in [0.717, 1.165) is 73.1 Å². The van der Waals surface area contributed by atoms with Crippen LogP contribution in [0.5, 0.6) is 0 Å². The lowest BCUT2D eigenvalue weighted by molar-refractivity contribution is -0.134. The van der Waals surface area contributed by atoms with Crippen LogP contribution in [0.2, 0.25) is 0 Å². The normalized spacial score (nSPS) is 47.6. The molecular formula is C27H46O2. The van der Waals surface area contributed by atoms with Crippen molar-refractivity contribution in [1.29, 1.82) is 0 Å². The van der Waals surface area contributed by atoms with Crippen molar-refractivity contribution in [3.63, 3.8) is 0 Å². The molecule has 6 fully saturated rings. The predicted octanol–water partition coefficient (Wildman–Crippen LogP) is 6.72. The van der Waals surface area contributed by atoms with Crippen LogP contribution in [-0.4, -0.2) is 25.9 Å². The Morgan fingerprint density at radius 1 is 0.586 bits per heavy atom. The fourth-order valence-electron chi connectivity index (χ4n) is 9.36. The Balaban J connectivity index is 1.28. The van der Waals surface area contributed by atoms with Crippen LogP contribution in [0.15, 0.2) is 0 Å². The van der Waals surface area contributed by atoms with Crippen molar-refractivity contribution in [3.05, 3.63) is 0 Å². The Bertz CT molecular complexity index is 495. The third-order valence-corrected chi connectivity index (χ3v) is 10.2. The van der Waals surface area contributed by atoms with Crippen LogP contribution >= 0.6 is 0 Å². The minimum Gasteiger partial charge on any atom is -0.381 e. The van der Waals surface area contributed by atoms with E-state index in [0.29, 0.717) is 6.10 Å².